The first-order valence-corrected chi connectivity index (χ1v) is 6.53. The van der Waals surface area contributed by atoms with E-state index in [0.29, 0.717) is 12.3 Å². The van der Waals surface area contributed by atoms with Gasteiger partial charge in [0.05, 0.1) is 11.7 Å². The van der Waals surface area contributed by atoms with Crippen LogP contribution in [0.1, 0.15) is 19.3 Å². The minimum atomic E-state index is -0.725. The Morgan fingerprint density at radius 2 is 2.20 bits per heavy atom. The molecule has 1 rings (SSSR count). The molecule has 1 aliphatic carbocycles. The van der Waals surface area contributed by atoms with Crippen molar-refractivity contribution in [1.82, 2.24) is 5.32 Å². The number of hydrogen-bond donors (Lipinski definition) is 2. The quantitative estimate of drug-likeness (QED) is 0.740. The predicted octanol–water partition coefficient (Wildman–Crippen LogP) is 0.967. The summed E-state index contributed by atoms with van der Waals surface area (Å²) < 4.78 is 0. The molecule has 15 heavy (non-hydrogen) atoms. The fraction of sp³-hybridized carbons (Fsp3) is 0.800. The van der Waals surface area contributed by atoms with E-state index in [9.17, 15) is 9.59 Å². The second-order valence-electron chi connectivity index (χ2n) is 3.87. The number of aliphatic carboxylic acids is 1. The van der Waals surface area contributed by atoms with Gasteiger partial charge in [0.1, 0.15) is 0 Å². The van der Waals surface area contributed by atoms with Crippen molar-refractivity contribution >= 4 is 23.6 Å². The van der Waals surface area contributed by atoms with Gasteiger partial charge in [0.2, 0.25) is 5.91 Å². The highest BCUT2D eigenvalue weighted by Crippen LogP contribution is 2.31. The number of rotatable bonds is 5. The second-order valence-corrected chi connectivity index (χ2v) is 4.74. The summed E-state index contributed by atoms with van der Waals surface area (Å²) in [4.78, 5) is 22.1. The van der Waals surface area contributed by atoms with Crippen LogP contribution in [0.3, 0.4) is 0 Å². The molecular weight excluding hydrogens is 214 g/mol. The lowest BCUT2D eigenvalue weighted by Gasteiger charge is -2.15. The Morgan fingerprint density at radius 3 is 2.80 bits per heavy atom. The van der Waals surface area contributed by atoms with Crippen molar-refractivity contribution in [2.45, 2.75) is 19.3 Å². The number of nitrogens with one attached hydrogen (secondary N) is 1. The van der Waals surface area contributed by atoms with E-state index in [1.165, 1.54) is 11.8 Å². The molecule has 1 amide bonds. The fourth-order valence-electron chi connectivity index (χ4n) is 2.03. The molecule has 1 saturated carbocycles. The maximum atomic E-state index is 11.2. The van der Waals surface area contributed by atoms with Crippen LogP contribution in [-0.2, 0) is 9.59 Å². The number of carbonyl (C=O) groups excluding carboxylic acids is 1. The van der Waals surface area contributed by atoms with Crippen LogP contribution in [0, 0.1) is 11.8 Å². The molecule has 0 aromatic rings. The molecule has 0 spiro atoms. The van der Waals surface area contributed by atoms with Crippen LogP contribution >= 0.6 is 11.8 Å². The van der Waals surface area contributed by atoms with E-state index >= 15 is 0 Å². The van der Waals surface area contributed by atoms with Crippen molar-refractivity contribution in [3.63, 3.8) is 0 Å². The molecule has 4 nitrogen and oxygen atoms in total. The van der Waals surface area contributed by atoms with Crippen LogP contribution in [0.15, 0.2) is 0 Å². The van der Waals surface area contributed by atoms with Gasteiger partial charge in [-0.3, -0.25) is 9.59 Å². The van der Waals surface area contributed by atoms with Gasteiger partial charge in [-0.05, 0) is 25.0 Å². The smallest absolute Gasteiger partial charge is 0.306 e. The molecule has 0 radical (unpaired) electrons. The fourth-order valence-corrected chi connectivity index (χ4v) is 2.40. The van der Waals surface area contributed by atoms with Gasteiger partial charge < -0.3 is 10.4 Å². The highest BCUT2D eigenvalue weighted by atomic mass is 32.2. The van der Waals surface area contributed by atoms with Crippen LogP contribution in [0.25, 0.3) is 0 Å². The number of carboxylic acid groups (broad SMARTS) is 1. The van der Waals surface area contributed by atoms with Gasteiger partial charge in [-0.25, -0.2) is 0 Å². The largest absolute Gasteiger partial charge is 0.481 e. The van der Waals surface area contributed by atoms with Crippen LogP contribution in [0.5, 0.6) is 0 Å². The highest BCUT2D eigenvalue weighted by molar-refractivity contribution is 7.99. The standard InChI is InChI=1S/C10H17NO3S/c1-15-6-9(12)11-5-7-3-2-4-8(7)10(13)14/h7-8H,2-6H2,1H3,(H,11,12)(H,13,14). The molecule has 0 aliphatic heterocycles. The molecule has 0 aromatic carbocycles. The van der Waals surface area contributed by atoms with E-state index in [2.05, 4.69) is 5.32 Å². The molecule has 0 heterocycles. The second kappa shape index (κ2) is 6.00. The Balaban J connectivity index is 2.31. The topological polar surface area (TPSA) is 66.4 Å². The van der Waals surface area contributed by atoms with Crippen LogP contribution in [0.4, 0.5) is 0 Å². The molecule has 86 valence electrons. The SMILES string of the molecule is CSCC(=O)NCC1CCCC1C(=O)O. The van der Waals surface area contributed by atoms with Crippen LogP contribution < -0.4 is 5.32 Å². The summed E-state index contributed by atoms with van der Waals surface area (Å²) in [5, 5.41) is 11.7. The van der Waals surface area contributed by atoms with Crippen molar-refractivity contribution in [1.29, 1.82) is 0 Å². The Bertz CT molecular complexity index is 245. The number of thioether (sulfide) groups is 1. The molecular formula is C10H17NO3S. The Kier molecular flexibility index (Phi) is 4.94. The van der Waals surface area contributed by atoms with Crippen molar-refractivity contribution in [3.8, 4) is 0 Å². The zero-order valence-electron chi connectivity index (χ0n) is 8.86. The van der Waals surface area contributed by atoms with Gasteiger partial charge >= 0.3 is 5.97 Å². The third-order valence-corrected chi connectivity index (χ3v) is 3.36. The average Bonchev–Trinajstić information content (AvgIpc) is 2.63. The summed E-state index contributed by atoms with van der Waals surface area (Å²) in [7, 11) is 0. The molecule has 1 fully saturated rings. The summed E-state index contributed by atoms with van der Waals surface area (Å²) in [5.74, 6) is -0.423. The average molecular weight is 231 g/mol. The maximum Gasteiger partial charge on any atom is 0.306 e. The van der Waals surface area contributed by atoms with E-state index in [1.807, 2.05) is 6.26 Å². The van der Waals surface area contributed by atoms with E-state index in [0.717, 1.165) is 19.3 Å². The van der Waals surface area contributed by atoms with E-state index in [4.69, 9.17) is 5.11 Å². The van der Waals surface area contributed by atoms with Gasteiger partial charge in [0, 0.05) is 6.54 Å². The third-order valence-electron chi connectivity index (χ3n) is 2.81. The van der Waals surface area contributed by atoms with E-state index in [-0.39, 0.29) is 17.7 Å². The van der Waals surface area contributed by atoms with Gasteiger partial charge in [0.15, 0.2) is 0 Å². The monoisotopic (exact) mass is 231 g/mol. The molecule has 0 saturated heterocycles. The lowest BCUT2D eigenvalue weighted by atomic mass is 9.96. The number of hydrogen-bond acceptors (Lipinski definition) is 3. The van der Waals surface area contributed by atoms with Crippen LogP contribution in [-0.4, -0.2) is 35.5 Å². The summed E-state index contributed by atoms with van der Waals surface area (Å²) in [6.07, 6.45) is 4.49. The van der Waals surface area contributed by atoms with Crippen LogP contribution in [0.2, 0.25) is 0 Å². The first kappa shape index (κ1) is 12.4. The van der Waals surface area contributed by atoms with Gasteiger partial charge in [0.25, 0.3) is 0 Å². The number of amides is 1. The zero-order chi connectivity index (χ0) is 11.3. The Labute approximate surface area is 93.8 Å². The number of carboxylic acids is 1. The van der Waals surface area contributed by atoms with Crippen molar-refractivity contribution in [2.75, 3.05) is 18.6 Å². The van der Waals surface area contributed by atoms with Gasteiger partial charge in [-0.15, -0.1) is 0 Å². The summed E-state index contributed by atoms with van der Waals surface area (Å²) in [6.45, 7) is 0.510. The molecule has 0 bridgehead atoms. The normalized spacial score (nSPS) is 25.1. The number of carbonyl (C=O) groups is 2. The first-order valence-electron chi connectivity index (χ1n) is 5.13. The van der Waals surface area contributed by atoms with E-state index in [1.54, 1.807) is 0 Å². The summed E-state index contributed by atoms with van der Waals surface area (Å²) >= 11 is 1.47. The van der Waals surface area contributed by atoms with Crippen molar-refractivity contribution < 1.29 is 14.7 Å². The molecule has 2 atom stereocenters. The Morgan fingerprint density at radius 1 is 1.47 bits per heavy atom. The third kappa shape index (κ3) is 3.74. The maximum absolute atomic E-state index is 11.2. The van der Waals surface area contributed by atoms with Gasteiger partial charge in [-0.1, -0.05) is 6.42 Å². The molecule has 5 heteroatoms. The summed E-state index contributed by atoms with van der Waals surface area (Å²) in [6, 6.07) is 0. The molecule has 2 unspecified atom stereocenters. The molecule has 1 aliphatic rings. The Hall–Kier alpha value is -0.710. The highest BCUT2D eigenvalue weighted by Gasteiger charge is 2.32. The van der Waals surface area contributed by atoms with Crippen molar-refractivity contribution in [2.24, 2.45) is 11.8 Å². The molecule has 0 aromatic heterocycles. The first-order chi connectivity index (χ1) is 7.15. The van der Waals surface area contributed by atoms with Gasteiger partial charge in [-0.2, -0.15) is 11.8 Å². The molecule has 2 N–H and O–H groups in total. The minimum absolute atomic E-state index is 0.00135. The zero-order valence-corrected chi connectivity index (χ0v) is 9.68. The van der Waals surface area contributed by atoms with E-state index < -0.39 is 5.97 Å². The predicted molar refractivity (Wildman–Crippen MR) is 59.9 cm³/mol. The lowest BCUT2D eigenvalue weighted by molar-refractivity contribution is -0.143. The van der Waals surface area contributed by atoms with Crippen molar-refractivity contribution in [3.05, 3.63) is 0 Å². The summed E-state index contributed by atoms with van der Waals surface area (Å²) in [5.41, 5.74) is 0. The lowest BCUT2D eigenvalue weighted by Crippen LogP contribution is -2.33. The minimum Gasteiger partial charge on any atom is -0.481 e.